The first-order valence-corrected chi connectivity index (χ1v) is 7.72. The van der Waals surface area contributed by atoms with Crippen LogP contribution in [0.25, 0.3) is 0 Å². The maximum atomic E-state index is 13.0. The van der Waals surface area contributed by atoms with E-state index in [1.807, 2.05) is 6.07 Å². The fraction of sp³-hybridized carbons (Fsp3) is 0.389. The molecule has 3 amide bonds. The Kier molecular flexibility index (Phi) is 3.34. The van der Waals surface area contributed by atoms with Crippen LogP contribution in [0.5, 0.6) is 0 Å². The highest BCUT2D eigenvalue weighted by Gasteiger charge is 2.63. The Morgan fingerprint density at radius 1 is 1.25 bits per heavy atom. The van der Waals surface area contributed by atoms with E-state index >= 15 is 0 Å². The summed E-state index contributed by atoms with van der Waals surface area (Å²) in [7, 11) is 1.63. The number of rotatable bonds is 0. The van der Waals surface area contributed by atoms with Crippen LogP contribution in [0.1, 0.15) is 32.8 Å². The van der Waals surface area contributed by atoms with Crippen LogP contribution in [0.2, 0.25) is 0 Å². The average molecular weight is 328 g/mol. The number of imide groups is 1. The summed E-state index contributed by atoms with van der Waals surface area (Å²) in [5.41, 5.74) is -0.662. The third-order valence-electron chi connectivity index (χ3n) is 4.30. The van der Waals surface area contributed by atoms with Crippen molar-refractivity contribution in [3.63, 3.8) is 0 Å². The van der Waals surface area contributed by atoms with Crippen LogP contribution in [0.3, 0.4) is 0 Å². The zero-order valence-corrected chi connectivity index (χ0v) is 14.3. The van der Waals surface area contributed by atoms with Gasteiger partial charge in [0, 0.05) is 30.3 Å². The van der Waals surface area contributed by atoms with Gasteiger partial charge in [0.05, 0.1) is 0 Å². The van der Waals surface area contributed by atoms with E-state index in [-0.39, 0.29) is 17.9 Å². The molecular weight excluding hydrogens is 308 g/mol. The summed E-state index contributed by atoms with van der Waals surface area (Å²) in [6.07, 6.45) is -0.754. The average Bonchev–Trinajstić information content (AvgIpc) is 2.86. The van der Waals surface area contributed by atoms with Crippen molar-refractivity contribution >= 4 is 23.6 Å². The van der Waals surface area contributed by atoms with E-state index in [1.165, 1.54) is 4.90 Å². The van der Waals surface area contributed by atoms with Crippen LogP contribution in [-0.2, 0) is 19.9 Å². The van der Waals surface area contributed by atoms with Crippen LogP contribution in [0.4, 0.5) is 10.5 Å². The summed E-state index contributed by atoms with van der Waals surface area (Å²) in [5, 5.41) is 0. The second-order valence-corrected chi connectivity index (χ2v) is 7.14. The van der Waals surface area contributed by atoms with Gasteiger partial charge in [-0.1, -0.05) is 24.8 Å². The van der Waals surface area contributed by atoms with E-state index < -0.39 is 23.1 Å². The summed E-state index contributed by atoms with van der Waals surface area (Å²) >= 11 is 0. The lowest BCUT2D eigenvalue weighted by molar-refractivity contribution is -0.137. The van der Waals surface area contributed by atoms with Crippen LogP contribution >= 0.6 is 0 Å². The summed E-state index contributed by atoms with van der Waals surface area (Å²) in [5.74, 6) is -0.899. The normalized spacial score (nSPS) is 23.2. The van der Waals surface area contributed by atoms with Gasteiger partial charge in [0.25, 0.3) is 11.8 Å². The first-order chi connectivity index (χ1) is 11.1. The zero-order valence-electron chi connectivity index (χ0n) is 14.3. The monoisotopic (exact) mass is 328 g/mol. The summed E-state index contributed by atoms with van der Waals surface area (Å²) < 4.78 is 5.38. The lowest BCUT2D eigenvalue weighted by atomic mass is 9.88. The molecule has 0 radical (unpaired) electrons. The van der Waals surface area contributed by atoms with Gasteiger partial charge in [0.2, 0.25) is 0 Å². The fourth-order valence-corrected chi connectivity index (χ4v) is 3.35. The highest BCUT2D eigenvalue weighted by molar-refractivity contribution is 6.17. The number of amides is 3. The first kappa shape index (κ1) is 16.2. The van der Waals surface area contributed by atoms with Crippen molar-refractivity contribution in [3.8, 4) is 0 Å². The number of carbonyl (C=O) groups excluding carboxylic acids is 3. The molecule has 0 bridgehead atoms. The molecule has 1 aromatic carbocycles. The minimum Gasteiger partial charge on any atom is -0.443 e. The Labute approximate surface area is 140 Å². The summed E-state index contributed by atoms with van der Waals surface area (Å²) in [6, 6.07) is 7.15. The smallest absolute Gasteiger partial charge is 0.418 e. The molecular formula is C18H20N2O4. The van der Waals surface area contributed by atoms with Crippen LogP contribution < -0.4 is 4.90 Å². The Balaban J connectivity index is 2.18. The molecule has 6 heteroatoms. The second-order valence-electron chi connectivity index (χ2n) is 7.14. The molecule has 6 nitrogen and oxygen atoms in total. The molecule has 0 N–H and O–H groups in total. The van der Waals surface area contributed by atoms with Crippen molar-refractivity contribution in [2.45, 2.75) is 38.3 Å². The number of hydrogen-bond acceptors (Lipinski definition) is 4. The standard InChI is InChI=1S/C18H20N2O4/c1-11-10-18(20(14(11)21)16(23)24-17(2,3)4)12-8-6-7-9-13(12)19(5)15(18)22/h6-9H,1,10H2,2-5H3. The topological polar surface area (TPSA) is 66.9 Å². The molecule has 1 unspecified atom stereocenters. The minimum absolute atomic E-state index is 0.0747. The number of likely N-dealkylation sites (N-methyl/N-ethyl adjacent to an activating group) is 1. The quantitative estimate of drug-likeness (QED) is 0.687. The fourth-order valence-electron chi connectivity index (χ4n) is 3.35. The van der Waals surface area contributed by atoms with Crippen molar-refractivity contribution in [1.82, 2.24) is 4.90 Å². The Hall–Kier alpha value is -2.63. The summed E-state index contributed by atoms with van der Waals surface area (Å²) in [6.45, 7) is 8.88. The Morgan fingerprint density at radius 3 is 2.50 bits per heavy atom. The predicted octanol–water partition coefficient (Wildman–Crippen LogP) is 2.58. The number of anilines is 1. The van der Waals surface area contributed by atoms with Gasteiger partial charge < -0.3 is 9.64 Å². The lowest BCUT2D eigenvalue weighted by Gasteiger charge is -2.33. The molecule has 1 fully saturated rings. The Morgan fingerprint density at radius 2 is 1.88 bits per heavy atom. The van der Waals surface area contributed by atoms with Crippen molar-refractivity contribution in [2.75, 3.05) is 11.9 Å². The van der Waals surface area contributed by atoms with E-state index in [1.54, 1.807) is 46.0 Å². The largest absolute Gasteiger partial charge is 0.443 e. The Bertz CT molecular complexity index is 777. The van der Waals surface area contributed by atoms with Crippen molar-refractivity contribution in [1.29, 1.82) is 0 Å². The molecule has 1 atom stereocenters. The number of carbonyl (C=O) groups is 3. The molecule has 1 aromatic rings. The molecule has 0 saturated carbocycles. The van der Waals surface area contributed by atoms with Crippen LogP contribution in [0, 0.1) is 0 Å². The highest BCUT2D eigenvalue weighted by Crippen LogP contribution is 2.51. The molecule has 0 aliphatic carbocycles. The van der Waals surface area contributed by atoms with Gasteiger partial charge in [-0.05, 0) is 26.8 Å². The second kappa shape index (κ2) is 4.93. The van der Waals surface area contributed by atoms with E-state index in [4.69, 9.17) is 4.74 Å². The lowest BCUT2D eigenvalue weighted by Crippen LogP contribution is -2.53. The van der Waals surface area contributed by atoms with E-state index in [2.05, 4.69) is 6.58 Å². The molecule has 126 valence electrons. The van der Waals surface area contributed by atoms with Gasteiger partial charge >= 0.3 is 6.09 Å². The third kappa shape index (κ3) is 2.06. The summed E-state index contributed by atoms with van der Waals surface area (Å²) in [4.78, 5) is 40.8. The molecule has 3 rings (SSSR count). The molecule has 2 aliphatic heterocycles. The molecule has 1 saturated heterocycles. The zero-order chi connectivity index (χ0) is 17.9. The highest BCUT2D eigenvalue weighted by atomic mass is 16.6. The first-order valence-electron chi connectivity index (χ1n) is 7.72. The van der Waals surface area contributed by atoms with Gasteiger partial charge in [-0.15, -0.1) is 0 Å². The van der Waals surface area contributed by atoms with E-state index in [0.717, 1.165) is 4.90 Å². The van der Waals surface area contributed by atoms with Gasteiger partial charge in [-0.2, -0.15) is 0 Å². The van der Waals surface area contributed by atoms with Gasteiger partial charge in [0.1, 0.15) is 5.60 Å². The molecule has 1 spiro atoms. The molecule has 24 heavy (non-hydrogen) atoms. The van der Waals surface area contributed by atoms with Crippen LogP contribution in [0.15, 0.2) is 36.4 Å². The molecule has 0 aromatic heterocycles. The molecule has 2 heterocycles. The van der Waals surface area contributed by atoms with E-state index in [9.17, 15) is 14.4 Å². The number of fused-ring (bicyclic) bond motifs is 2. The number of likely N-dealkylation sites (tertiary alicyclic amines) is 1. The molecule has 2 aliphatic rings. The van der Waals surface area contributed by atoms with Crippen molar-refractivity contribution in [2.24, 2.45) is 0 Å². The van der Waals surface area contributed by atoms with Gasteiger partial charge in [0.15, 0.2) is 5.54 Å². The number of ether oxygens (including phenoxy) is 1. The number of hydrogen-bond donors (Lipinski definition) is 0. The van der Waals surface area contributed by atoms with E-state index in [0.29, 0.717) is 11.3 Å². The predicted molar refractivity (Wildman–Crippen MR) is 88.4 cm³/mol. The SMILES string of the molecule is C=C1CC2(C(=O)N(C)c3ccccc32)N(C(=O)OC(C)(C)C)C1=O. The van der Waals surface area contributed by atoms with Crippen molar-refractivity contribution < 1.29 is 19.1 Å². The van der Waals surface area contributed by atoms with Crippen molar-refractivity contribution in [3.05, 3.63) is 42.0 Å². The third-order valence-corrected chi connectivity index (χ3v) is 4.30. The minimum atomic E-state index is -1.40. The maximum absolute atomic E-state index is 13.0. The van der Waals surface area contributed by atoms with Crippen LogP contribution in [-0.4, -0.2) is 35.5 Å². The number of benzene rings is 1. The maximum Gasteiger partial charge on any atom is 0.418 e. The van der Waals surface area contributed by atoms with Gasteiger partial charge in [-0.25, -0.2) is 9.69 Å². The number of nitrogens with zero attached hydrogens (tertiary/aromatic N) is 2. The number of para-hydroxylation sites is 1. The van der Waals surface area contributed by atoms with Gasteiger partial charge in [-0.3, -0.25) is 9.59 Å².